The van der Waals surface area contributed by atoms with Gasteiger partial charge < -0.3 is 20.1 Å². The maximum atomic E-state index is 13.4. The molecule has 0 spiro atoms. The number of hydrogen-bond acceptors (Lipinski definition) is 7. The van der Waals surface area contributed by atoms with E-state index in [9.17, 15) is 14.7 Å². The van der Waals surface area contributed by atoms with Crippen molar-refractivity contribution in [1.29, 1.82) is 0 Å². The van der Waals surface area contributed by atoms with E-state index in [1.165, 1.54) is 0 Å². The van der Waals surface area contributed by atoms with Gasteiger partial charge in [-0.15, -0.1) is 0 Å². The predicted octanol–water partition coefficient (Wildman–Crippen LogP) is 2.10. The van der Waals surface area contributed by atoms with Gasteiger partial charge in [0.25, 0.3) is 5.91 Å². The van der Waals surface area contributed by atoms with Crippen molar-refractivity contribution in [2.24, 2.45) is 0 Å². The van der Waals surface area contributed by atoms with Gasteiger partial charge in [-0.05, 0) is 49.2 Å². The second kappa shape index (κ2) is 11.7. The smallest absolute Gasteiger partial charge is 0.320 e. The van der Waals surface area contributed by atoms with E-state index in [0.717, 1.165) is 30.8 Å². The molecule has 0 aliphatic carbocycles. The predicted molar refractivity (Wildman–Crippen MR) is 134 cm³/mol. The molecule has 2 heterocycles. The average Bonchev–Trinajstić information content (AvgIpc) is 2.86. The number of aromatic hydroxyl groups is 1. The third-order valence-corrected chi connectivity index (χ3v) is 6.84. The van der Waals surface area contributed by atoms with Gasteiger partial charge in [-0.25, -0.2) is 0 Å². The molecule has 2 aromatic rings. The Kier molecular flexibility index (Phi) is 8.38. The molecule has 0 bridgehead atoms. The Balaban J connectivity index is 1.52. The highest BCUT2D eigenvalue weighted by atomic mass is 16.5. The first kappa shape index (κ1) is 25.2. The Morgan fingerprint density at radius 1 is 1.06 bits per heavy atom. The SMILES string of the molecule is CCOC(=O)CN1CCN(C(=O)c2cccc([C@H](c3cccc(O)c3)N3CCNCC3C)c2)CC1. The van der Waals surface area contributed by atoms with E-state index in [1.807, 2.05) is 46.2 Å². The summed E-state index contributed by atoms with van der Waals surface area (Å²) >= 11 is 0. The minimum absolute atomic E-state index is 0.00523. The fourth-order valence-electron chi connectivity index (χ4n) is 5.03. The molecule has 2 aliphatic rings. The molecule has 8 nitrogen and oxygen atoms in total. The molecule has 35 heavy (non-hydrogen) atoms. The molecular formula is C27H36N4O4. The number of carbonyl (C=O) groups excluding carboxylic acids is 2. The molecule has 188 valence electrons. The van der Waals surface area contributed by atoms with Crippen LogP contribution in [0.25, 0.3) is 0 Å². The van der Waals surface area contributed by atoms with Crippen LogP contribution >= 0.6 is 0 Å². The fraction of sp³-hybridized carbons (Fsp3) is 0.481. The van der Waals surface area contributed by atoms with Crippen molar-refractivity contribution in [1.82, 2.24) is 20.0 Å². The molecular weight excluding hydrogens is 444 g/mol. The van der Waals surface area contributed by atoms with Crippen molar-refractivity contribution in [2.45, 2.75) is 25.9 Å². The second-order valence-corrected chi connectivity index (χ2v) is 9.29. The topological polar surface area (TPSA) is 85.3 Å². The van der Waals surface area contributed by atoms with Crippen molar-refractivity contribution in [2.75, 3.05) is 59.0 Å². The van der Waals surface area contributed by atoms with E-state index >= 15 is 0 Å². The molecule has 1 unspecified atom stereocenters. The summed E-state index contributed by atoms with van der Waals surface area (Å²) in [4.78, 5) is 31.5. The third kappa shape index (κ3) is 6.20. The summed E-state index contributed by atoms with van der Waals surface area (Å²) in [5.74, 6) is 0.0222. The summed E-state index contributed by atoms with van der Waals surface area (Å²) in [6, 6.07) is 15.5. The lowest BCUT2D eigenvalue weighted by molar-refractivity contribution is -0.144. The number of esters is 1. The van der Waals surface area contributed by atoms with Gasteiger partial charge in [-0.3, -0.25) is 19.4 Å². The van der Waals surface area contributed by atoms with Gasteiger partial charge in [0.05, 0.1) is 19.2 Å². The number of piperazine rings is 2. The number of phenolic OH excluding ortho intramolecular Hbond substituents is 1. The maximum absolute atomic E-state index is 13.4. The Bertz CT molecular complexity index is 1020. The zero-order valence-electron chi connectivity index (χ0n) is 20.7. The summed E-state index contributed by atoms with van der Waals surface area (Å²) in [5, 5.41) is 13.6. The lowest BCUT2D eigenvalue weighted by atomic mass is 9.93. The number of ether oxygens (including phenoxy) is 1. The molecule has 2 saturated heterocycles. The number of nitrogens with one attached hydrogen (secondary N) is 1. The van der Waals surface area contributed by atoms with E-state index in [2.05, 4.69) is 23.2 Å². The van der Waals surface area contributed by atoms with Crippen LogP contribution in [-0.2, 0) is 9.53 Å². The summed E-state index contributed by atoms with van der Waals surface area (Å²) in [7, 11) is 0. The number of benzene rings is 2. The number of carbonyl (C=O) groups is 2. The Labute approximate surface area is 207 Å². The van der Waals surface area contributed by atoms with Gasteiger partial charge in [-0.1, -0.05) is 24.3 Å². The molecule has 1 amide bonds. The number of hydrogen-bond donors (Lipinski definition) is 2. The number of rotatable bonds is 7. The molecule has 2 atom stereocenters. The Morgan fingerprint density at radius 3 is 2.46 bits per heavy atom. The van der Waals surface area contributed by atoms with Crippen LogP contribution in [0.15, 0.2) is 48.5 Å². The van der Waals surface area contributed by atoms with Crippen molar-refractivity contribution in [3.8, 4) is 5.75 Å². The van der Waals surface area contributed by atoms with Crippen LogP contribution in [-0.4, -0.2) is 96.7 Å². The summed E-state index contributed by atoms with van der Waals surface area (Å²) in [5.41, 5.74) is 2.71. The van der Waals surface area contributed by atoms with E-state index in [4.69, 9.17) is 4.74 Å². The maximum Gasteiger partial charge on any atom is 0.320 e. The fourth-order valence-corrected chi connectivity index (χ4v) is 5.03. The van der Waals surface area contributed by atoms with Gasteiger partial charge in [-0.2, -0.15) is 0 Å². The van der Waals surface area contributed by atoms with Crippen LogP contribution in [0, 0.1) is 0 Å². The van der Waals surface area contributed by atoms with E-state index < -0.39 is 0 Å². The van der Waals surface area contributed by atoms with Crippen LogP contribution < -0.4 is 5.32 Å². The minimum Gasteiger partial charge on any atom is -0.508 e. The molecule has 2 fully saturated rings. The van der Waals surface area contributed by atoms with Crippen LogP contribution in [0.4, 0.5) is 0 Å². The van der Waals surface area contributed by atoms with Crippen LogP contribution in [0.1, 0.15) is 41.4 Å². The van der Waals surface area contributed by atoms with Gasteiger partial charge >= 0.3 is 5.97 Å². The highest BCUT2D eigenvalue weighted by Crippen LogP contribution is 2.33. The highest BCUT2D eigenvalue weighted by molar-refractivity contribution is 5.94. The van der Waals surface area contributed by atoms with Gasteiger partial charge in [0, 0.05) is 57.4 Å². The number of amides is 1. The normalized spacial score (nSPS) is 20.4. The first-order valence-electron chi connectivity index (χ1n) is 12.5. The molecule has 4 rings (SSSR count). The molecule has 0 aromatic heterocycles. The monoisotopic (exact) mass is 480 g/mol. The zero-order chi connectivity index (χ0) is 24.8. The highest BCUT2D eigenvalue weighted by Gasteiger charge is 2.30. The Hall–Kier alpha value is -2.94. The molecule has 2 aliphatic heterocycles. The summed E-state index contributed by atoms with van der Waals surface area (Å²) < 4.78 is 5.04. The molecule has 8 heteroatoms. The van der Waals surface area contributed by atoms with E-state index in [0.29, 0.717) is 44.4 Å². The summed E-state index contributed by atoms with van der Waals surface area (Å²) in [6.07, 6.45) is 0. The van der Waals surface area contributed by atoms with Crippen molar-refractivity contribution < 1.29 is 19.4 Å². The third-order valence-electron chi connectivity index (χ3n) is 6.84. The van der Waals surface area contributed by atoms with E-state index in [1.54, 1.807) is 13.0 Å². The van der Waals surface area contributed by atoms with E-state index in [-0.39, 0.29) is 30.2 Å². The lowest BCUT2D eigenvalue weighted by Gasteiger charge is -2.40. The van der Waals surface area contributed by atoms with Crippen LogP contribution in [0.3, 0.4) is 0 Å². The first-order valence-corrected chi connectivity index (χ1v) is 12.5. The first-order chi connectivity index (χ1) is 17.0. The van der Waals surface area contributed by atoms with Crippen molar-refractivity contribution >= 4 is 11.9 Å². The lowest BCUT2D eigenvalue weighted by Crippen LogP contribution is -2.51. The van der Waals surface area contributed by atoms with Gasteiger partial charge in [0.15, 0.2) is 0 Å². The molecule has 2 aromatic carbocycles. The van der Waals surface area contributed by atoms with Gasteiger partial charge in [0.1, 0.15) is 5.75 Å². The summed E-state index contributed by atoms with van der Waals surface area (Å²) in [6.45, 7) is 9.76. The minimum atomic E-state index is -0.222. The van der Waals surface area contributed by atoms with Crippen molar-refractivity contribution in [3.63, 3.8) is 0 Å². The largest absolute Gasteiger partial charge is 0.508 e. The van der Waals surface area contributed by atoms with Crippen LogP contribution in [0.2, 0.25) is 0 Å². The second-order valence-electron chi connectivity index (χ2n) is 9.29. The average molecular weight is 481 g/mol. The standard InChI is InChI=1S/C27H36N4O4/c1-3-35-25(33)19-29-12-14-30(15-13-29)27(34)23-8-4-6-21(16-23)26(22-7-5-9-24(32)17-22)31-11-10-28-18-20(31)2/h4-9,16-17,20,26,28,32H,3,10-15,18-19H2,1-2H3/t20?,26-/m1/s1. The Morgan fingerprint density at radius 2 is 1.77 bits per heavy atom. The number of nitrogens with zero attached hydrogens (tertiary/aromatic N) is 3. The molecule has 0 saturated carbocycles. The zero-order valence-corrected chi connectivity index (χ0v) is 20.7. The quantitative estimate of drug-likeness (QED) is 0.587. The molecule has 2 N–H and O–H groups in total. The number of phenols is 1. The molecule has 0 radical (unpaired) electrons. The van der Waals surface area contributed by atoms with Crippen molar-refractivity contribution in [3.05, 3.63) is 65.2 Å². The van der Waals surface area contributed by atoms with Crippen LogP contribution in [0.5, 0.6) is 5.75 Å². The van der Waals surface area contributed by atoms with Gasteiger partial charge in [0.2, 0.25) is 0 Å².